The van der Waals surface area contributed by atoms with Gasteiger partial charge in [0.05, 0.1) is 21.6 Å². The summed E-state index contributed by atoms with van der Waals surface area (Å²) >= 11 is 6.40. The lowest BCUT2D eigenvalue weighted by molar-refractivity contribution is 0.644. The molecule has 2 N–H and O–H groups in total. The Morgan fingerprint density at radius 1 is 1.13 bits per heavy atom. The van der Waals surface area contributed by atoms with Gasteiger partial charge in [0, 0.05) is 24.6 Å². The van der Waals surface area contributed by atoms with Crippen LogP contribution in [0.2, 0.25) is 5.02 Å². The lowest BCUT2D eigenvalue weighted by Gasteiger charge is -2.18. The summed E-state index contributed by atoms with van der Waals surface area (Å²) in [5, 5.41) is 7.66. The highest BCUT2D eigenvalue weighted by Gasteiger charge is 2.15. The second-order valence-electron chi connectivity index (χ2n) is 7.88. The summed E-state index contributed by atoms with van der Waals surface area (Å²) in [6.45, 7) is 5.75. The molecule has 5 rings (SSSR count). The molecule has 6 nitrogen and oxygen atoms in total. The number of halogens is 1. The molecular weight excluding hydrogens is 410 g/mol. The van der Waals surface area contributed by atoms with Crippen molar-refractivity contribution in [3.05, 3.63) is 86.4 Å². The van der Waals surface area contributed by atoms with Crippen molar-refractivity contribution >= 4 is 34.1 Å². The molecule has 0 bridgehead atoms. The van der Waals surface area contributed by atoms with Crippen LogP contribution in [0.15, 0.2) is 53.6 Å². The van der Waals surface area contributed by atoms with Crippen LogP contribution in [0, 0.1) is 13.8 Å². The quantitative estimate of drug-likeness (QED) is 0.501. The minimum atomic E-state index is -0.191. The van der Waals surface area contributed by atoms with Crippen LogP contribution < -0.4 is 16.2 Å². The zero-order valence-electron chi connectivity index (χ0n) is 17.4. The predicted octanol–water partition coefficient (Wildman–Crippen LogP) is 4.44. The molecule has 7 heteroatoms. The van der Waals surface area contributed by atoms with Gasteiger partial charge in [-0.15, -0.1) is 0 Å². The van der Waals surface area contributed by atoms with Gasteiger partial charge in [-0.3, -0.25) is 9.36 Å². The fourth-order valence-corrected chi connectivity index (χ4v) is 4.44. The van der Waals surface area contributed by atoms with Gasteiger partial charge in [-0.1, -0.05) is 29.8 Å². The van der Waals surface area contributed by atoms with Crippen LogP contribution in [0.1, 0.15) is 22.3 Å². The Morgan fingerprint density at radius 2 is 2.00 bits per heavy atom. The van der Waals surface area contributed by atoms with Gasteiger partial charge in [-0.05, 0) is 67.3 Å². The fourth-order valence-electron chi connectivity index (χ4n) is 4.12. The molecule has 0 saturated heterocycles. The van der Waals surface area contributed by atoms with E-state index in [1.165, 1.54) is 11.1 Å². The van der Waals surface area contributed by atoms with E-state index in [2.05, 4.69) is 32.7 Å². The molecule has 0 fully saturated rings. The summed E-state index contributed by atoms with van der Waals surface area (Å²) < 4.78 is 1.59. The van der Waals surface area contributed by atoms with Gasteiger partial charge in [0.1, 0.15) is 0 Å². The normalized spacial score (nSPS) is 13.3. The molecule has 3 heterocycles. The van der Waals surface area contributed by atoms with E-state index in [1.54, 1.807) is 23.0 Å². The maximum absolute atomic E-state index is 13.2. The summed E-state index contributed by atoms with van der Waals surface area (Å²) in [6.07, 6.45) is 4.42. The Balaban J connectivity index is 1.55. The Bertz CT molecular complexity index is 1360. The van der Waals surface area contributed by atoms with E-state index in [4.69, 9.17) is 11.6 Å². The summed E-state index contributed by atoms with van der Waals surface area (Å²) in [7, 11) is 0. The van der Waals surface area contributed by atoms with Crippen molar-refractivity contribution in [1.29, 1.82) is 0 Å². The van der Waals surface area contributed by atoms with Crippen molar-refractivity contribution in [2.45, 2.75) is 26.8 Å². The third-order valence-electron chi connectivity index (χ3n) is 5.71. The number of nitrogens with zero attached hydrogens (tertiary/aromatic N) is 3. The molecule has 0 radical (unpaired) electrons. The van der Waals surface area contributed by atoms with Crippen LogP contribution in [-0.4, -0.2) is 21.1 Å². The van der Waals surface area contributed by atoms with Crippen LogP contribution in [0.3, 0.4) is 0 Å². The number of pyridine rings is 1. The van der Waals surface area contributed by atoms with Crippen LogP contribution in [0.25, 0.3) is 16.6 Å². The zero-order chi connectivity index (χ0) is 21.5. The first kappa shape index (κ1) is 19.7. The fraction of sp³-hybridized carbons (Fsp3) is 0.208. The number of benzene rings is 2. The van der Waals surface area contributed by atoms with E-state index in [-0.39, 0.29) is 5.56 Å². The highest BCUT2D eigenvalue weighted by Crippen LogP contribution is 2.25. The smallest absolute Gasteiger partial charge is 0.266 e. The lowest BCUT2D eigenvalue weighted by Crippen LogP contribution is -2.23. The molecule has 1 aliphatic rings. The molecule has 156 valence electrons. The Labute approximate surface area is 184 Å². The lowest BCUT2D eigenvalue weighted by atomic mass is 10.0. The highest BCUT2D eigenvalue weighted by atomic mass is 35.5. The first-order valence-electron chi connectivity index (χ1n) is 10.3. The highest BCUT2D eigenvalue weighted by molar-refractivity contribution is 6.32. The van der Waals surface area contributed by atoms with Crippen molar-refractivity contribution in [3.8, 4) is 5.69 Å². The van der Waals surface area contributed by atoms with Crippen molar-refractivity contribution in [2.75, 3.05) is 11.9 Å². The summed E-state index contributed by atoms with van der Waals surface area (Å²) in [4.78, 5) is 22.3. The van der Waals surface area contributed by atoms with Gasteiger partial charge in [0.15, 0.2) is 0 Å². The Hall–Kier alpha value is -3.22. The first-order chi connectivity index (χ1) is 15.0. The Kier molecular flexibility index (Phi) is 4.96. The molecule has 0 spiro atoms. The number of fused-ring (bicyclic) bond motifs is 2. The monoisotopic (exact) mass is 431 g/mol. The number of hydrogen-bond acceptors (Lipinski definition) is 5. The van der Waals surface area contributed by atoms with Crippen LogP contribution in [0.4, 0.5) is 11.6 Å². The second-order valence-corrected chi connectivity index (χ2v) is 8.29. The van der Waals surface area contributed by atoms with E-state index in [9.17, 15) is 4.79 Å². The van der Waals surface area contributed by atoms with Gasteiger partial charge >= 0.3 is 0 Å². The third kappa shape index (κ3) is 3.58. The van der Waals surface area contributed by atoms with E-state index < -0.39 is 0 Å². The Morgan fingerprint density at radius 3 is 2.84 bits per heavy atom. The molecule has 2 aromatic heterocycles. The predicted molar refractivity (Wildman–Crippen MR) is 125 cm³/mol. The SMILES string of the molecule is Cc1cccc(Cl)c1-n1cc(C)c2nc(Nc3ccc4c(c3)CNCC4)ncc2c1=O. The molecule has 0 unspecified atom stereocenters. The van der Waals surface area contributed by atoms with Gasteiger partial charge in [-0.2, -0.15) is 0 Å². The first-order valence-corrected chi connectivity index (χ1v) is 10.6. The molecular formula is C24H22ClN5O. The summed E-state index contributed by atoms with van der Waals surface area (Å²) in [6, 6.07) is 11.9. The van der Waals surface area contributed by atoms with E-state index in [0.29, 0.717) is 27.6 Å². The molecule has 0 aliphatic carbocycles. The van der Waals surface area contributed by atoms with Crippen molar-refractivity contribution in [3.63, 3.8) is 0 Å². The number of aryl methyl sites for hydroxylation is 2. The van der Waals surface area contributed by atoms with Gasteiger partial charge < -0.3 is 10.6 Å². The standard InChI is InChI=1S/C24H22ClN5O/c1-14-4-3-5-20(25)22(14)30-13-15(2)21-19(23(30)31)12-27-24(29-21)28-18-7-6-16-8-9-26-11-17(16)10-18/h3-7,10,12-13,26H,8-9,11H2,1-2H3,(H,27,28,29). The molecule has 1 aliphatic heterocycles. The minimum Gasteiger partial charge on any atom is -0.324 e. The molecule has 2 aromatic carbocycles. The molecule has 0 atom stereocenters. The molecule has 4 aromatic rings. The molecule has 0 amide bonds. The van der Waals surface area contributed by atoms with Crippen molar-refractivity contribution < 1.29 is 0 Å². The van der Waals surface area contributed by atoms with Crippen molar-refractivity contribution in [2.24, 2.45) is 0 Å². The van der Waals surface area contributed by atoms with Crippen LogP contribution >= 0.6 is 11.6 Å². The van der Waals surface area contributed by atoms with E-state index in [0.717, 1.165) is 36.3 Å². The number of hydrogen-bond donors (Lipinski definition) is 2. The second kappa shape index (κ2) is 7.80. The van der Waals surface area contributed by atoms with E-state index >= 15 is 0 Å². The third-order valence-corrected chi connectivity index (χ3v) is 6.02. The van der Waals surface area contributed by atoms with E-state index in [1.807, 2.05) is 32.0 Å². The summed E-state index contributed by atoms with van der Waals surface area (Å²) in [5.41, 5.74) is 6.50. The van der Waals surface area contributed by atoms with Gasteiger partial charge in [-0.25, -0.2) is 9.97 Å². The van der Waals surface area contributed by atoms with Crippen molar-refractivity contribution in [1.82, 2.24) is 19.9 Å². The maximum Gasteiger partial charge on any atom is 0.266 e. The number of rotatable bonds is 3. The van der Waals surface area contributed by atoms with Gasteiger partial charge in [0.25, 0.3) is 5.56 Å². The molecule has 31 heavy (non-hydrogen) atoms. The number of para-hydroxylation sites is 1. The topological polar surface area (TPSA) is 71.8 Å². The number of anilines is 2. The average Bonchev–Trinajstić information content (AvgIpc) is 2.77. The number of aromatic nitrogens is 3. The van der Waals surface area contributed by atoms with Crippen LogP contribution in [-0.2, 0) is 13.0 Å². The summed E-state index contributed by atoms with van der Waals surface area (Å²) in [5.74, 6) is 0.463. The molecule has 0 saturated carbocycles. The number of nitrogens with one attached hydrogen (secondary N) is 2. The maximum atomic E-state index is 13.2. The zero-order valence-corrected chi connectivity index (χ0v) is 18.1. The largest absolute Gasteiger partial charge is 0.324 e. The van der Waals surface area contributed by atoms with Crippen LogP contribution in [0.5, 0.6) is 0 Å². The van der Waals surface area contributed by atoms with Gasteiger partial charge in [0.2, 0.25) is 5.95 Å². The average molecular weight is 432 g/mol. The minimum absolute atomic E-state index is 0.191.